The lowest BCUT2D eigenvalue weighted by molar-refractivity contribution is 0.472. The van der Waals surface area contributed by atoms with E-state index in [1.165, 1.54) is 5.56 Å². The average Bonchev–Trinajstić information content (AvgIpc) is 3.14. The van der Waals surface area contributed by atoms with E-state index in [2.05, 4.69) is 40.0 Å². The molecule has 0 saturated carbocycles. The lowest BCUT2D eigenvalue weighted by atomic mass is 9.99. The van der Waals surface area contributed by atoms with Crippen molar-refractivity contribution in [3.05, 3.63) is 70.9 Å². The minimum absolute atomic E-state index is 0.200. The van der Waals surface area contributed by atoms with Gasteiger partial charge < -0.3 is 19.7 Å². The van der Waals surface area contributed by atoms with Gasteiger partial charge in [0.15, 0.2) is 0 Å². The lowest BCUT2D eigenvalue weighted by Gasteiger charge is -2.29. The van der Waals surface area contributed by atoms with E-state index in [4.69, 9.17) is 0 Å². The van der Waals surface area contributed by atoms with Crippen molar-refractivity contribution >= 4 is 34.9 Å². The van der Waals surface area contributed by atoms with E-state index < -0.39 is 0 Å². The second kappa shape index (κ2) is 8.52. The Balaban J connectivity index is 2.27. The lowest BCUT2D eigenvalue weighted by Crippen LogP contribution is -2.18. The summed E-state index contributed by atoms with van der Waals surface area (Å²) in [5.74, 6) is 0.442. The van der Waals surface area contributed by atoms with Crippen LogP contribution in [0.15, 0.2) is 54.2 Å². The van der Waals surface area contributed by atoms with Crippen molar-refractivity contribution < 1.29 is 10.2 Å². The van der Waals surface area contributed by atoms with Gasteiger partial charge in [-0.25, -0.2) is 0 Å². The molecule has 3 aromatic rings. The molecule has 0 radical (unpaired) electrons. The van der Waals surface area contributed by atoms with Gasteiger partial charge in [-0.15, -0.1) is 12.6 Å². The van der Waals surface area contributed by atoms with Crippen LogP contribution in [0.1, 0.15) is 50.4 Å². The minimum Gasteiger partial charge on any atom is -0.507 e. The van der Waals surface area contributed by atoms with Crippen molar-refractivity contribution in [2.24, 2.45) is 0 Å². The second-order valence-electron chi connectivity index (χ2n) is 7.76. The van der Waals surface area contributed by atoms with Gasteiger partial charge in [0.1, 0.15) is 11.5 Å². The van der Waals surface area contributed by atoms with Gasteiger partial charge in [0, 0.05) is 23.2 Å². The Morgan fingerprint density at radius 1 is 1.20 bits per heavy atom. The Kier molecular flexibility index (Phi) is 6.22. The zero-order valence-electron chi connectivity index (χ0n) is 18.3. The van der Waals surface area contributed by atoms with Gasteiger partial charge in [0.05, 0.1) is 21.9 Å². The first-order chi connectivity index (χ1) is 14.2. The number of phenols is 2. The maximum absolute atomic E-state index is 10.8. The topological polar surface area (TPSA) is 48.6 Å². The first-order valence-corrected chi connectivity index (χ1v) is 10.7. The molecule has 1 heterocycles. The number of aromatic hydroxyl groups is 2. The van der Waals surface area contributed by atoms with Gasteiger partial charge in [0.25, 0.3) is 0 Å². The number of benzene rings is 2. The Morgan fingerprint density at radius 3 is 2.47 bits per heavy atom. The van der Waals surface area contributed by atoms with E-state index in [9.17, 15) is 10.2 Å². The van der Waals surface area contributed by atoms with Crippen molar-refractivity contribution in [3.8, 4) is 11.5 Å². The highest BCUT2D eigenvalue weighted by molar-refractivity contribution is 7.84. The van der Waals surface area contributed by atoms with E-state index in [1.54, 1.807) is 12.1 Å². The van der Waals surface area contributed by atoms with Crippen LogP contribution in [0.3, 0.4) is 0 Å². The van der Waals surface area contributed by atoms with Crippen LogP contribution in [0.4, 0.5) is 5.69 Å². The zero-order chi connectivity index (χ0) is 22.2. The molecular weight excluding hydrogens is 392 g/mol. The summed E-state index contributed by atoms with van der Waals surface area (Å²) in [6, 6.07) is 9.58. The van der Waals surface area contributed by atoms with Crippen LogP contribution >= 0.6 is 12.6 Å². The zero-order valence-corrected chi connectivity index (χ0v) is 19.2. The van der Waals surface area contributed by atoms with Gasteiger partial charge in [0.2, 0.25) is 0 Å². The van der Waals surface area contributed by atoms with Gasteiger partial charge in [-0.2, -0.15) is 0 Å². The number of aromatic nitrogens is 1. The van der Waals surface area contributed by atoms with Gasteiger partial charge >= 0.3 is 0 Å². The molecule has 0 aliphatic heterocycles. The van der Waals surface area contributed by atoms with E-state index in [-0.39, 0.29) is 17.5 Å². The molecule has 0 atom stereocenters. The van der Waals surface area contributed by atoms with Crippen molar-refractivity contribution in [1.29, 1.82) is 0 Å². The van der Waals surface area contributed by atoms with Crippen LogP contribution < -0.4 is 4.90 Å². The standard InChI is InChI=1S/C25H30N2O2S/c1-7-18-14-20(24(29)13-16(18)5)21(8-2)27(17(6)30)22-9-10-23(28)25-19(22)11-12-26(25)15(3)4/h8-15,28-30H,6-7H2,1-5H3/b21-8-. The number of thiol groups is 1. The summed E-state index contributed by atoms with van der Waals surface area (Å²) in [5.41, 5.74) is 5.35. The Bertz CT molecular complexity index is 1140. The largest absolute Gasteiger partial charge is 0.507 e. The maximum atomic E-state index is 10.8. The summed E-state index contributed by atoms with van der Waals surface area (Å²) in [6.45, 7) is 14.3. The van der Waals surface area contributed by atoms with Crippen molar-refractivity contribution in [3.63, 3.8) is 0 Å². The van der Waals surface area contributed by atoms with Crippen LogP contribution in [0, 0.1) is 6.92 Å². The summed E-state index contributed by atoms with van der Waals surface area (Å²) in [4.78, 5) is 1.92. The third kappa shape index (κ3) is 3.70. The number of anilines is 1. The molecule has 5 heteroatoms. The highest BCUT2D eigenvalue weighted by atomic mass is 32.1. The second-order valence-corrected chi connectivity index (χ2v) is 8.27. The fraction of sp³-hybridized carbons (Fsp3) is 0.280. The number of rotatable bonds is 6. The predicted molar refractivity (Wildman–Crippen MR) is 130 cm³/mol. The molecule has 2 N–H and O–H groups in total. The molecule has 3 rings (SSSR count). The van der Waals surface area contributed by atoms with Crippen molar-refractivity contribution in [2.75, 3.05) is 4.90 Å². The third-order valence-electron chi connectivity index (χ3n) is 5.51. The summed E-state index contributed by atoms with van der Waals surface area (Å²) < 4.78 is 2.04. The molecule has 0 unspecified atom stereocenters. The molecule has 0 saturated heterocycles. The predicted octanol–water partition coefficient (Wildman–Crippen LogP) is 6.77. The molecule has 0 aliphatic rings. The normalized spacial score (nSPS) is 12.0. The molecular formula is C25H30N2O2S. The first kappa shape index (κ1) is 21.9. The maximum Gasteiger partial charge on any atom is 0.140 e. The molecule has 158 valence electrons. The Hall–Kier alpha value is -2.79. The molecule has 0 amide bonds. The van der Waals surface area contributed by atoms with E-state index in [0.29, 0.717) is 5.03 Å². The number of hydrogen-bond donors (Lipinski definition) is 3. The van der Waals surface area contributed by atoms with E-state index >= 15 is 0 Å². The number of allylic oxidation sites excluding steroid dienone is 1. The van der Waals surface area contributed by atoms with Gasteiger partial charge in [-0.1, -0.05) is 19.6 Å². The Morgan fingerprint density at radius 2 is 1.90 bits per heavy atom. The van der Waals surface area contributed by atoms with Crippen LogP contribution in [0.2, 0.25) is 0 Å². The number of hydrogen-bond acceptors (Lipinski definition) is 4. The fourth-order valence-electron chi connectivity index (χ4n) is 4.01. The number of nitrogens with zero attached hydrogens (tertiary/aromatic N) is 2. The number of aryl methyl sites for hydroxylation is 2. The van der Waals surface area contributed by atoms with Crippen LogP contribution in [0.5, 0.6) is 11.5 Å². The van der Waals surface area contributed by atoms with Crippen molar-refractivity contribution in [2.45, 2.75) is 47.1 Å². The molecule has 0 bridgehead atoms. The highest BCUT2D eigenvalue weighted by Crippen LogP contribution is 2.42. The monoisotopic (exact) mass is 422 g/mol. The minimum atomic E-state index is 0.200. The third-order valence-corrected chi connectivity index (χ3v) is 5.71. The van der Waals surface area contributed by atoms with Crippen LogP contribution in [-0.4, -0.2) is 14.8 Å². The smallest absolute Gasteiger partial charge is 0.140 e. The summed E-state index contributed by atoms with van der Waals surface area (Å²) >= 11 is 4.59. The Labute approximate surface area is 184 Å². The van der Waals surface area contributed by atoms with E-state index in [1.807, 2.05) is 53.8 Å². The highest BCUT2D eigenvalue weighted by Gasteiger charge is 2.23. The molecule has 4 nitrogen and oxygen atoms in total. The quantitative estimate of drug-likeness (QED) is 0.384. The summed E-state index contributed by atoms with van der Waals surface area (Å²) in [7, 11) is 0. The fourth-order valence-corrected chi connectivity index (χ4v) is 4.23. The molecule has 2 aromatic carbocycles. The van der Waals surface area contributed by atoms with Gasteiger partial charge in [-0.05, 0) is 75.6 Å². The van der Waals surface area contributed by atoms with Crippen LogP contribution in [0.25, 0.3) is 16.6 Å². The average molecular weight is 423 g/mol. The number of fused-ring (bicyclic) bond motifs is 1. The van der Waals surface area contributed by atoms with E-state index in [0.717, 1.165) is 39.8 Å². The van der Waals surface area contributed by atoms with Gasteiger partial charge in [-0.3, -0.25) is 0 Å². The molecule has 0 aliphatic carbocycles. The molecule has 0 spiro atoms. The van der Waals surface area contributed by atoms with Crippen LogP contribution in [-0.2, 0) is 6.42 Å². The number of phenolic OH excluding ortho intramolecular Hbond substituents is 2. The molecule has 0 fully saturated rings. The first-order valence-electron chi connectivity index (χ1n) is 10.2. The van der Waals surface area contributed by atoms with Crippen molar-refractivity contribution in [1.82, 2.24) is 4.57 Å². The summed E-state index contributed by atoms with van der Waals surface area (Å²) in [5, 5.41) is 22.7. The summed E-state index contributed by atoms with van der Waals surface area (Å²) in [6.07, 6.45) is 4.80. The SMILES string of the molecule is C=C(S)N(/C(=C\C)c1cc(CC)c(C)cc1O)c1ccc(O)c2c1ccn2C(C)C. The molecule has 1 aromatic heterocycles. The molecule has 30 heavy (non-hydrogen) atoms.